The molecule has 0 saturated carbocycles. The molecule has 3 rings (SSSR count). The molecule has 0 aliphatic rings. The lowest BCUT2D eigenvalue weighted by molar-refractivity contribution is 0.0908. The van der Waals surface area contributed by atoms with Crippen LogP contribution >= 0.6 is 0 Å². The summed E-state index contributed by atoms with van der Waals surface area (Å²) in [7, 11) is 3.45. The number of nitrogens with one attached hydrogen (secondary N) is 1. The Bertz CT molecular complexity index is 856. The SMILES string of the molecule is COc1cccc2c1cc(C(=O)NCC(O)c1ccccc1)n2C. The Morgan fingerprint density at radius 2 is 1.96 bits per heavy atom. The molecule has 0 bridgehead atoms. The number of amides is 1. The summed E-state index contributed by atoms with van der Waals surface area (Å²) < 4.78 is 7.17. The van der Waals surface area contributed by atoms with Gasteiger partial charge in [-0.25, -0.2) is 0 Å². The normalized spacial score (nSPS) is 12.1. The second-order valence-corrected chi connectivity index (χ2v) is 5.62. The van der Waals surface area contributed by atoms with Crippen molar-refractivity contribution in [3.63, 3.8) is 0 Å². The molecule has 0 aliphatic carbocycles. The molecule has 2 aromatic carbocycles. The van der Waals surface area contributed by atoms with E-state index >= 15 is 0 Å². The number of carbonyl (C=O) groups is 1. The zero-order chi connectivity index (χ0) is 17.1. The van der Waals surface area contributed by atoms with E-state index in [0.717, 1.165) is 22.2 Å². The van der Waals surface area contributed by atoms with Gasteiger partial charge in [0.2, 0.25) is 0 Å². The van der Waals surface area contributed by atoms with Crippen LogP contribution in [-0.2, 0) is 7.05 Å². The van der Waals surface area contributed by atoms with Crippen LogP contribution in [0, 0.1) is 0 Å². The van der Waals surface area contributed by atoms with Crippen LogP contribution < -0.4 is 10.1 Å². The maximum Gasteiger partial charge on any atom is 0.268 e. The molecule has 1 heterocycles. The Labute approximate surface area is 140 Å². The third-order valence-electron chi connectivity index (χ3n) is 4.14. The second kappa shape index (κ2) is 6.76. The summed E-state index contributed by atoms with van der Waals surface area (Å²) >= 11 is 0. The van der Waals surface area contributed by atoms with Crippen molar-refractivity contribution in [3.8, 4) is 5.75 Å². The number of hydrogen-bond acceptors (Lipinski definition) is 3. The highest BCUT2D eigenvalue weighted by molar-refractivity contribution is 6.00. The van der Waals surface area contributed by atoms with E-state index in [1.54, 1.807) is 13.2 Å². The smallest absolute Gasteiger partial charge is 0.268 e. The molecule has 3 aromatic rings. The fourth-order valence-corrected chi connectivity index (χ4v) is 2.80. The number of aromatic nitrogens is 1. The van der Waals surface area contributed by atoms with Gasteiger partial charge in [-0.1, -0.05) is 36.4 Å². The number of aryl methyl sites for hydroxylation is 1. The van der Waals surface area contributed by atoms with Crippen LogP contribution in [0.1, 0.15) is 22.2 Å². The van der Waals surface area contributed by atoms with Crippen LogP contribution in [0.4, 0.5) is 0 Å². The maximum absolute atomic E-state index is 12.5. The molecule has 0 aliphatic heterocycles. The lowest BCUT2D eigenvalue weighted by atomic mass is 10.1. The van der Waals surface area contributed by atoms with E-state index in [1.807, 2.05) is 60.1 Å². The number of carbonyl (C=O) groups excluding carboxylic acids is 1. The zero-order valence-corrected chi connectivity index (χ0v) is 13.7. The summed E-state index contributed by atoms with van der Waals surface area (Å²) in [5.74, 6) is 0.497. The lowest BCUT2D eigenvalue weighted by Gasteiger charge is -2.12. The first-order chi connectivity index (χ1) is 11.6. The van der Waals surface area contributed by atoms with Crippen LogP contribution in [0.2, 0.25) is 0 Å². The van der Waals surface area contributed by atoms with E-state index in [4.69, 9.17) is 4.74 Å². The van der Waals surface area contributed by atoms with E-state index in [9.17, 15) is 9.90 Å². The Hall–Kier alpha value is -2.79. The second-order valence-electron chi connectivity index (χ2n) is 5.62. The molecule has 0 saturated heterocycles. The van der Waals surface area contributed by atoms with Crippen LogP contribution in [0.3, 0.4) is 0 Å². The number of nitrogens with zero attached hydrogens (tertiary/aromatic N) is 1. The van der Waals surface area contributed by atoms with Gasteiger partial charge in [0.05, 0.1) is 18.7 Å². The lowest BCUT2D eigenvalue weighted by Crippen LogP contribution is -2.29. The van der Waals surface area contributed by atoms with Crippen molar-refractivity contribution in [2.24, 2.45) is 7.05 Å². The molecule has 1 amide bonds. The number of hydrogen-bond donors (Lipinski definition) is 2. The van der Waals surface area contributed by atoms with E-state index in [0.29, 0.717) is 5.69 Å². The molecule has 1 unspecified atom stereocenters. The molecule has 1 aromatic heterocycles. The van der Waals surface area contributed by atoms with E-state index < -0.39 is 6.10 Å². The fourth-order valence-electron chi connectivity index (χ4n) is 2.80. The van der Waals surface area contributed by atoms with Crippen LogP contribution in [-0.4, -0.2) is 29.2 Å². The predicted octanol–water partition coefficient (Wildman–Crippen LogP) is 2.65. The zero-order valence-electron chi connectivity index (χ0n) is 13.7. The highest BCUT2D eigenvalue weighted by Gasteiger charge is 2.16. The van der Waals surface area contributed by atoms with Crippen molar-refractivity contribution in [1.82, 2.24) is 9.88 Å². The Balaban J connectivity index is 1.78. The number of aliphatic hydroxyl groups excluding tert-OH is 1. The van der Waals surface area contributed by atoms with E-state index in [1.165, 1.54) is 0 Å². The Kier molecular flexibility index (Phi) is 4.53. The average Bonchev–Trinajstić information content (AvgIpc) is 2.97. The fraction of sp³-hybridized carbons (Fsp3) is 0.211. The first kappa shape index (κ1) is 16.1. The van der Waals surface area contributed by atoms with Gasteiger partial charge in [0, 0.05) is 19.0 Å². The highest BCUT2D eigenvalue weighted by Crippen LogP contribution is 2.28. The minimum Gasteiger partial charge on any atom is -0.496 e. The van der Waals surface area contributed by atoms with E-state index in [-0.39, 0.29) is 12.5 Å². The van der Waals surface area contributed by atoms with Gasteiger partial charge in [-0.3, -0.25) is 4.79 Å². The summed E-state index contributed by atoms with van der Waals surface area (Å²) in [5, 5.41) is 13.8. The summed E-state index contributed by atoms with van der Waals surface area (Å²) in [4.78, 5) is 12.5. The van der Waals surface area contributed by atoms with Crippen LogP contribution in [0.15, 0.2) is 54.6 Å². The molecule has 0 spiro atoms. The Morgan fingerprint density at radius 1 is 1.21 bits per heavy atom. The van der Waals surface area contributed by atoms with Crippen LogP contribution in [0.25, 0.3) is 10.9 Å². The topological polar surface area (TPSA) is 63.5 Å². The maximum atomic E-state index is 12.5. The number of fused-ring (bicyclic) bond motifs is 1. The quantitative estimate of drug-likeness (QED) is 0.758. The molecular weight excluding hydrogens is 304 g/mol. The molecule has 124 valence electrons. The molecule has 0 radical (unpaired) electrons. The first-order valence-electron chi connectivity index (χ1n) is 7.75. The molecular formula is C19H20N2O3. The minimum absolute atomic E-state index is 0.154. The highest BCUT2D eigenvalue weighted by atomic mass is 16.5. The third kappa shape index (κ3) is 2.98. The number of aliphatic hydroxyl groups is 1. The van der Waals surface area contributed by atoms with Gasteiger partial charge in [-0.05, 0) is 23.8 Å². The van der Waals surface area contributed by atoms with Gasteiger partial charge in [0.1, 0.15) is 11.4 Å². The van der Waals surface area contributed by atoms with Gasteiger partial charge >= 0.3 is 0 Å². The van der Waals surface area contributed by atoms with E-state index in [2.05, 4.69) is 5.32 Å². The van der Waals surface area contributed by atoms with Crippen LogP contribution in [0.5, 0.6) is 5.75 Å². The minimum atomic E-state index is -0.737. The summed E-state index contributed by atoms with van der Waals surface area (Å²) in [6, 6.07) is 16.8. The number of ether oxygens (including phenoxy) is 1. The average molecular weight is 324 g/mol. The van der Waals surface area contributed by atoms with Gasteiger partial charge in [-0.2, -0.15) is 0 Å². The van der Waals surface area contributed by atoms with Crippen molar-refractivity contribution in [1.29, 1.82) is 0 Å². The largest absolute Gasteiger partial charge is 0.496 e. The summed E-state index contributed by atoms with van der Waals surface area (Å²) in [6.45, 7) is 0.154. The molecule has 1 atom stereocenters. The molecule has 24 heavy (non-hydrogen) atoms. The number of methoxy groups -OCH3 is 1. The van der Waals surface area contributed by atoms with Crippen molar-refractivity contribution in [2.45, 2.75) is 6.10 Å². The Morgan fingerprint density at radius 3 is 2.67 bits per heavy atom. The number of benzene rings is 2. The first-order valence-corrected chi connectivity index (χ1v) is 7.75. The van der Waals surface area contributed by atoms with Crippen molar-refractivity contribution in [3.05, 3.63) is 65.9 Å². The van der Waals surface area contributed by atoms with Gasteiger partial charge in [-0.15, -0.1) is 0 Å². The molecule has 0 fully saturated rings. The monoisotopic (exact) mass is 324 g/mol. The molecule has 5 heteroatoms. The summed E-state index contributed by atoms with van der Waals surface area (Å²) in [5.41, 5.74) is 2.22. The van der Waals surface area contributed by atoms with Crippen molar-refractivity contribution >= 4 is 16.8 Å². The molecule has 5 nitrogen and oxygen atoms in total. The van der Waals surface area contributed by atoms with Crippen molar-refractivity contribution in [2.75, 3.05) is 13.7 Å². The van der Waals surface area contributed by atoms with Crippen molar-refractivity contribution < 1.29 is 14.6 Å². The standard InChI is InChI=1S/C19H20N2O3/c1-21-15-9-6-10-18(24-2)14(15)11-16(21)19(23)20-12-17(22)13-7-4-3-5-8-13/h3-11,17,22H,12H2,1-2H3,(H,20,23). The van der Waals surface area contributed by atoms with Gasteiger partial charge in [0.25, 0.3) is 5.91 Å². The summed E-state index contributed by atoms with van der Waals surface area (Å²) in [6.07, 6.45) is -0.737. The van der Waals surface area contributed by atoms with Gasteiger partial charge < -0.3 is 19.7 Å². The predicted molar refractivity (Wildman–Crippen MR) is 93.2 cm³/mol. The third-order valence-corrected chi connectivity index (χ3v) is 4.14. The van der Waals surface area contributed by atoms with Gasteiger partial charge in [0.15, 0.2) is 0 Å². The number of rotatable bonds is 5. The molecule has 2 N–H and O–H groups in total.